The second kappa shape index (κ2) is 9.46. The van der Waals surface area contributed by atoms with Crippen molar-refractivity contribution in [2.24, 2.45) is 5.10 Å². The molecule has 26 heavy (non-hydrogen) atoms. The van der Waals surface area contributed by atoms with E-state index in [0.717, 1.165) is 16.8 Å². The molecule has 0 aliphatic carbocycles. The van der Waals surface area contributed by atoms with Crippen molar-refractivity contribution in [3.8, 4) is 11.5 Å². The molecule has 0 saturated carbocycles. The van der Waals surface area contributed by atoms with E-state index in [1.165, 1.54) is 0 Å². The molecule has 2 aromatic carbocycles. The zero-order valence-electron chi connectivity index (χ0n) is 15.5. The standard InChI is InChI=1S/C20H24N2O4/c1-5-26-20(23)12-15-11-18(24-3)19(25-4)13-17(15)14(2)21-22-16-9-7-6-8-10-16/h6-11,13,22H,5,12H2,1-4H3/b21-14+. The molecule has 2 aromatic rings. The predicted molar refractivity (Wildman–Crippen MR) is 102 cm³/mol. The highest BCUT2D eigenvalue weighted by Crippen LogP contribution is 2.31. The van der Waals surface area contributed by atoms with Gasteiger partial charge in [-0.15, -0.1) is 0 Å². The molecule has 138 valence electrons. The van der Waals surface area contributed by atoms with Crippen molar-refractivity contribution in [1.29, 1.82) is 0 Å². The van der Waals surface area contributed by atoms with E-state index in [9.17, 15) is 4.79 Å². The molecule has 0 saturated heterocycles. The Bertz CT molecular complexity index is 773. The number of nitrogens with one attached hydrogen (secondary N) is 1. The number of ether oxygens (including phenoxy) is 3. The molecule has 0 heterocycles. The van der Waals surface area contributed by atoms with Crippen molar-refractivity contribution < 1.29 is 19.0 Å². The van der Waals surface area contributed by atoms with Crippen molar-refractivity contribution in [3.63, 3.8) is 0 Å². The van der Waals surface area contributed by atoms with Gasteiger partial charge in [-0.1, -0.05) is 18.2 Å². The maximum Gasteiger partial charge on any atom is 0.310 e. The van der Waals surface area contributed by atoms with E-state index in [1.54, 1.807) is 27.2 Å². The van der Waals surface area contributed by atoms with Crippen molar-refractivity contribution in [2.75, 3.05) is 26.3 Å². The average molecular weight is 356 g/mol. The van der Waals surface area contributed by atoms with Crippen molar-refractivity contribution >= 4 is 17.4 Å². The van der Waals surface area contributed by atoms with E-state index in [0.29, 0.717) is 23.8 Å². The summed E-state index contributed by atoms with van der Waals surface area (Å²) in [6.07, 6.45) is 0.127. The molecule has 1 N–H and O–H groups in total. The van der Waals surface area contributed by atoms with Gasteiger partial charge in [0.05, 0.1) is 38.6 Å². The third-order valence-electron chi connectivity index (χ3n) is 3.77. The Balaban J connectivity index is 2.37. The van der Waals surface area contributed by atoms with E-state index in [-0.39, 0.29) is 12.4 Å². The van der Waals surface area contributed by atoms with Crippen LogP contribution in [-0.4, -0.2) is 32.5 Å². The number of benzene rings is 2. The predicted octanol–water partition coefficient (Wildman–Crippen LogP) is 3.65. The van der Waals surface area contributed by atoms with Crippen LogP contribution in [0.3, 0.4) is 0 Å². The van der Waals surface area contributed by atoms with Gasteiger partial charge < -0.3 is 14.2 Å². The molecule has 6 nitrogen and oxygen atoms in total. The molecule has 0 fully saturated rings. The van der Waals surface area contributed by atoms with Gasteiger partial charge in [-0.3, -0.25) is 10.2 Å². The largest absolute Gasteiger partial charge is 0.493 e. The summed E-state index contributed by atoms with van der Waals surface area (Å²) in [5, 5.41) is 4.43. The number of esters is 1. The topological polar surface area (TPSA) is 69.2 Å². The lowest BCUT2D eigenvalue weighted by Crippen LogP contribution is -2.12. The fourth-order valence-corrected chi connectivity index (χ4v) is 2.49. The minimum absolute atomic E-state index is 0.127. The molecule has 0 atom stereocenters. The summed E-state index contributed by atoms with van der Waals surface area (Å²) in [4.78, 5) is 12.0. The number of hydrogen-bond acceptors (Lipinski definition) is 6. The average Bonchev–Trinajstić information content (AvgIpc) is 2.66. The Morgan fingerprint density at radius 1 is 1.08 bits per heavy atom. The Morgan fingerprint density at radius 2 is 1.73 bits per heavy atom. The lowest BCUT2D eigenvalue weighted by atomic mass is 10.00. The number of anilines is 1. The third kappa shape index (κ3) is 4.99. The highest BCUT2D eigenvalue weighted by atomic mass is 16.5. The van der Waals surface area contributed by atoms with Crippen LogP contribution in [0.2, 0.25) is 0 Å². The third-order valence-corrected chi connectivity index (χ3v) is 3.77. The first-order valence-electron chi connectivity index (χ1n) is 8.35. The van der Waals surface area contributed by atoms with Crippen molar-refractivity contribution in [1.82, 2.24) is 0 Å². The highest BCUT2D eigenvalue weighted by Gasteiger charge is 2.16. The Hall–Kier alpha value is -3.02. The lowest BCUT2D eigenvalue weighted by molar-refractivity contribution is -0.142. The SMILES string of the molecule is CCOC(=O)Cc1cc(OC)c(OC)cc1/C(C)=N/Nc1ccccc1. The van der Waals surface area contributed by atoms with Gasteiger partial charge in [-0.05, 0) is 43.7 Å². The number of hydrazone groups is 1. The molecule has 0 aliphatic heterocycles. The van der Waals surface area contributed by atoms with E-state index in [2.05, 4.69) is 10.5 Å². The number of nitrogens with zero attached hydrogens (tertiary/aromatic N) is 1. The second-order valence-electron chi connectivity index (χ2n) is 5.52. The van der Waals surface area contributed by atoms with Gasteiger partial charge in [-0.25, -0.2) is 0 Å². The zero-order valence-corrected chi connectivity index (χ0v) is 15.5. The molecule has 0 aliphatic rings. The molecule has 0 amide bonds. The first kappa shape index (κ1) is 19.3. The van der Waals surface area contributed by atoms with Gasteiger partial charge in [0, 0.05) is 5.56 Å². The summed E-state index contributed by atoms with van der Waals surface area (Å²) < 4.78 is 15.8. The number of carbonyl (C=O) groups is 1. The van der Waals surface area contributed by atoms with Crippen LogP contribution in [0.5, 0.6) is 11.5 Å². The van der Waals surface area contributed by atoms with Gasteiger partial charge in [0.25, 0.3) is 0 Å². The van der Waals surface area contributed by atoms with Crippen LogP contribution in [0.25, 0.3) is 0 Å². The number of para-hydroxylation sites is 1. The van der Waals surface area contributed by atoms with Crippen molar-refractivity contribution in [3.05, 3.63) is 53.6 Å². The summed E-state index contributed by atoms with van der Waals surface area (Å²) in [7, 11) is 3.13. The quantitative estimate of drug-likeness (QED) is 0.444. The minimum atomic E-state index is -0.301. The Kier molecular flexibility index (Phi) is 7.02. The molecule has 0 radical (unpaired) electrons. The molecular weight excluding hydrogens is 332 g/mol. The first-order valence-corrected chi connectivity index (χ1v) is 8.35. The minimum Gasteiger partial charge on any atom is -0.493 e. The molecule has 0 aromatic heterocycles. The number of carbonyl (C=O) groups excluding carboxylic acids is 1. The van der Waals surface area contributed by atoms with Gasteiger partial charge in [0.15, 0.2) is 11.5 Å². The van der Waals surface area contributed by atoms with Gasteiger partial charge >= 0.3 is 5.97 Å². The van der Waals surface area contributed by atoms with E-state index < -0.39 is 0 Å². The zero-order chi connectivity index (χ0) is 18.9. The van der Waals surface area contributed by atoms with Crippen LogP contribution < -0.4 is 14.9 Å². The van der Waals surface area contributed by atoms with Crippen LogP contribution in [0.15, 0.2) is 47.6 Å². The molecule has 0 spiro atoms. The highest BCUT2D eigenvalue weighted by molar-refractivity contribution is 6.01. The van der Waals surface area contributed by atoms with E-state index >= 15 is 0 Å². The number of methoxy groups -OCH3 is 2. The summed E-state index contributed by atoms with van der Waals surface area (Å²) in [6.45, 7) is 3.99. The smallest absolute Gasteiger partial charge is 0.310 e. The fraction of sp³-hybridized carbons (Fsp3) is 0.300. The molecule has 2 rings (SSSR count). The molecule has 0 unspecified atom stereocenters. The summed E-state index contributed by atoms with van der Waals surface area (Å²) in [6, 6.07) is 13.2. The molecule has 0 bridgehead atoms. The number of hydrogen-bond donors (Lipinski definition) is 1. The molecule has 6 heteroatoms. The Labute approximate surface area is 153 Å². The van der Waals surface area contributed by atoms with Crippen molar-refractivity contribution in [2.45, 2.75) is 20.3 Å². The number of rotatable bonds is 8. The fourth-order valence-electron chi connectivity index (χ4n) is 2.49. The maximum absolute atomic E-state index is 12.0. The Morgan fingerprint density at radius 3 is 2.35 bits per heavy atom. The summed E-state index contributed by atoms with van der Waals surface area (Å²) in [5.41, 5.74) is 6.16. The van der Waals surface area contributed by atoms with Crippen LogP contribution in [0.1, 0.15) is 25.0 Å². The monoisotopic (exact) mass is 356 g/mol. The summed E-state index contributed by atoms with van der Waals surface area (Å²) >= 11 is 0. The second-order valence-corrected chi connectivity index (χ2v) is 5.52. The van der Waals surface area contributed by atoms with Gasteiger partial charge in [0.2, 0.25) is 0 Å². The van der Waals surface area contributed by atoms with E-state index in [4.69, 9.17) is 14.2 Å². The van der Waals surface area contributed by atoms with Crippen LogP contribution in [0.4, 0.5) is 5.69 Å². The maximum atomic E-state index is 12.0. The van der Waals surface area contributed by atoms with Crippen LogP contribution in [0, 0.1) is 0 Å². The van der Waals surface area contributed by atoms with Crippen LogP contribution >= 0.6 is 0 Å². The normalized spacial score (nSPS) is 11.0. The van der Waals surface area contributed by atoms with E-state index in [1.807, 2.05) is 43.3 Å². The molecular formula is C20H24N2O4. The van der Waals surface area contributed by atoms with Gasteiger partial charge in [-0.2, -0.15) is 5.10 Å². The first-order chi connectivity index (χ1) is 12.6. The van der Waals surface area contributed by atoms with Crippen LogP contribution in [-0.2, 0) is 16.0 Å². The van der Waals surface area contributed by atoms with Gasteiger partial charge in [0.1, 0.15) is 0 Å². The summed E-state index contributed by atoms with van der Waals surface area (Å²) in [5.74, 6) is 0.827. The lowest BCUT2D eigenvalue weighted by Gasteiger charge is -2.15.